The highest BCUT2D eigenvalue weighted by Crippen LogP contribution is 2.41. The van der Waals surface area contributed by atoms with Crippen LogP contribution in [0, 0.1) is 13.8 Å². The maximum Gasteiger partial charge on any atom is 0.339 e. The molecule has 3 aromatic rings. The Morgan fingerprint density at radius 3 is 2.48 bits per heavy atom. The molecule has 0 atom stereocenters. The quantitative estimate of drug-likeness (QED) is 0.616. The summed E-state index contributed by atoms with van der Waals surface area (Å²) in [5.41, 5.74) is 1.85. The molecular weight excluding hydrogens is 362 g/mol. The lowest BCUT2D eigenvalue weighted by Gasteiger charge is -2.15. The third-order valence-electron chi connectivity index (χ3n) is 3.74. The molecule has 2 heterocycles. The molecule has 1 N–H and O–H groups in total. The molecule has 0 unspecified atom stereocenters. The standard InChI is InChI=1S/C18H14ClNO4S/c1-10-7-15(11(2)24-10)20(9-21)17-16(18(22)23)14(8-25-17)12-3-5-13(19)6-4-12/h3-9H,1-2H3,(H,22,23). The number of furan rings is 1. The van der Waals surface area contributed by atoms with E-state index in [2.05, 4.69) is 0 Å². The van der Waals surface area contributed by atoms with E-state index in [4.69, 9.17) is 16.0 Å². The summed E-state index contributed by atoms with van der Waals surface area (Å²) in [5, 5.41) is 12.3. The molecular formula is C18H14ClNO4S. The van der Waals surface area contributed by atoms with E-state index >= 15 is 0 Å². The highest BCUT2D eigenvalue weighted by molar-refractivity contribution is 7.15. The van der Waals surface area contributed by atoms with Gasteiger partial charge in [0.15, 0.2) is 0 Å². The number of benzene rings is 1. The summed E-state index contributed by atoms with van der Waals surface area (Å²) in [6, 6.07) is 8.59. The van der Waals surface area contributed by atoms with Crippen LogP contribution in [-0.4, -0.2) is 17.5 Å². The van der Waals surface area contributed by atoms with Gasteiger partial charge in [-0.2, -0.15) is 0 Å². The van der Waals surface area contributed by atoms with Gasteiger partial charge in [0.2, 0.25) is 6.41 Å². The second-order valence-electron chi connectivity index (χ2n) is 5.42. The van der Waals surface area contributed by atoms with Crippen LogP contribution in [0.25, 0.3) is 11.1 Å². The zero-order valence-corrected chi connectivity index (χ0v) is 15.0. The summed E-state index contributed by atoms with van der Waals surface area (Å²) >= 11 is 7.09. The number of hydrogen-bond acceptors (Lipinski definition) is 4. The molecule has 1 amide bonds. The molecule has 25 heavy (non-hydrogen) atoms. The highest BCUT2D eigenvalue weighted by atomic mass is 35.5. The van der Waals surface area contributed by atoms with Crippen LogP contribution in [0.1, 0.15) is 21.9 Å². The topological polar surface area (TPSA) is 70.8 Å². The first kappa shape index (κ1) is 17.3. The number of aromatic carboxylic acids is 1. The van der Waals surface area contributed by atoms with Crippen LogP contribution < -0.4 is 4.90 Å². The van der Waals surface area contributed by atoms with Crippen LogP contribution >= 0.6 is 22.9 Å². The first-order valence-electron chi connectivity index (χ1n) is 7.34. The van der Waals surface area contributed by atoms with Crippen molar-refractivity contribution in [2.24, 2.45) is 0 Å². The minimum absolute atomic E-state index is 0.0673. The number of amides is 1. The Hall–Kier alpha value is -2.57. The fourth-order valence-electron chi connectivity index (χ4n) is 2.64. The Balaban J connectivity index is 2.16. The Bertz CT molecular complexity index is 943. The number of anilines is 2. The Labute approximate surface area is 153 Å². The van der Waals surface area contributed by atoms with Gasteiger partial charge in [0, 0.05) is 22.0 Å². The molecule has 1 aromatic carbocycles. The van der Waals surface area contributed by atoms with E-state index in [0.717, 1.165) is 5.56 Å². The SMILES string of the molecule is Cc1cc(N(C=O)c2scc(-c3ccc(Cl)cc3)c2C(=O)O)c(C)o1. The van der Waals surface area contributed by atoms with E-state index in [1.807, 2.05) is 0 Å². The molecule has 3 rings (SSSR count). The molecule has 0 saturated carbocycles. The number of nitrogens with zero attached hydrogens (tertiary/aromatic N) is 1. The van der Waals surface area contributed by atoms with Gasteiger partial charge < -0.3 is 9.52 Å². The molecule has 0 saturated heterocycles. The van der Waals surface area contributed by atoms with Gasteiger partial charge in [-0.05, 0) is 31.5 Å². The van der Waals surface area contributed by atoms with E-state index in [9.17, 15) is 14.7 Å². The Morgan fingerprint density at radius 2 is 1.96 bits per heavy atom. The number of carbonyl (C=O) groups is 2. The molecule has 0 aliphatic heterocycles. The summed E-state index contributed by atoms with van der Waals surface area (Å²) in [6.07, 6.45) is 0.598. The van der Waals surface area contributed by atoms with Crippen molar-refractivity contribution in [2.75, 3.05) is 4.90 Å². The minimum atomic E-state index is -1.11. The fraction of sp³-hybridized carbons (Fsp3) is 0.111. The molecule has 2 aromatic heterocycles. The number of halogens is 1. The van der Waals surface area contributed by atoms with Crippen LogP contribution in [0.2, 0.25) is 5.02 Å². The van der Waals surface area contributed by atoms with Crippen molar-refractivity contribution in [2.45, 2.75) is 13.8 Å². The maximum absolute atomic E-state index is 11.9. The van der Waals surface area contributed by atoms with E-state index < -0.39 is 5.97 Å². The second kappa shape index (κ2) is 6.74. The number of rotatable bonds is 5. The van der Waals surface area contributed by atoms with Gasteiger partial charge >= 0.3 is 5.97 Å². The number of carboxylic acids is 1. The van der Waals surface area contributed by atoms with Crippen molar-refractivity contribution in [3.8, 4) is 11.1 Å². The molecule has 0 radical (unpaired) electrons. The van der Waals surface area contributed by atoms with Gasteiger partial charge in [0.05, 0.1) is 5.69 Å². The lowest BCUT2D eigenvalue weighted by atomic mass is 10.0. The lowest BCUT2D eigenvalue weighted by molar-refractivity contribution is -0.106. The molecule has 0 aliphatic rings. The third kappa shape index (κ3) is 3.18. The smallest absolute Gasteiger partial charge is 0.339 e. The van der Waals surface area contributed by atoms with Crippen molar-refractivity contribution in [3.63, 3.8) is 0 Å². The van der Waals surface area contributed by atoms with E-state index in [-0.39, 0.29) is 5.56 Å². The zero-order chi connectivity index (χ0) is 18.1. The molecule has 0 bridgehead atoms. The van der Waals surface area contributed by atoms with Crippen molar-refractivity contribution in [3.05, 3.63) is 57.8 Å². The Morgan fingerprint density at radius 1 is 1.28 bits per heavy atom. The Kier molecular flexibility index (Phi) is 4.65. The van der Waals surface area contributed by atoms with Crippen molar-refractivity contribution < 1.29 is 19.1 Å². The van der Waals surface area contributed by atoms with Gasteiger partial charge in [0.25, 0.3) is 0 Å². The summed E-state index contributed by atoms with van der Waals surface area (Å²) in [6.45, 7) is 3.50. The van der Waals surface area contributed by atoms with Crippen LogP contribution in [0.4, 0.5) is 10.7 Å². The van der Waals surface area contributed by atoms with Gasteiger partial charge in [-0.15, -0.1) is 11.3 Å². The summed E-state index contributed by atoms with van der Waals surface area (Å²) < 4.78 is 5.47. The molecule has 0 fully saturated rings. The lowest BCUT2D eigenvalue weighted by Crippen LogP contribution is -2.16. The summed E-state index contributed by atoms with van der Waals surface area (Å²) in [4.78, 5) is 24.9. The summed E-state index contributed by atoms with van der Waals surface area (Å²) in [5.74, 6) is 0.0824. The predicted molar refractivity (Wildman–Crippen MR) is 98.1 cm³/mol. The predicted octanol–water partition coefficient (Wildman–Crippen LogP) is 5.27. The number of carbonyl (C=O) groups excluding carboxylic acids is 1. The van der Waals surface area contributed by atoms with Crippen LogP contribution in [0.5, 0.6) is 0 Å². The molecule has 0 spiro atoms. The van der Waals surface area contributed by atoms with E-state index in [1.165, 1.54) is 16.2 Å². The first-order valence-corrected chi connectivity index (χ1v) is 8.60. The molecule has 7 heteroatoms. The average Bonchev–Trinajstić information content (AvgIpc) is 3.13. The van der Waals surface area contributed by atoms with E-state index in [1.54, 1.807) is 49.6 Å². The van der Waals surface area contributed by atoms with Crippen LogP contribution in [0.3, 0.4) is 0 Å². The van der Waals surface area contributed by atoms with Crippen LogP contribution in [-0.2, 0) is 4.79 Å². The van der Waals surface area contributed by atoms with E-state index in [0.29, 0.717) is 39.2 Å². The van der Waals surface area contributed by atoms with Gasteiger partial charge in [-0.25, -0.2) is 4.79 Å². The van der Waals surface area contributed by atoms with Crippen LogP contribution in [0.15, 0.2) is 40.1 Å². The fourth-order valence-corrected chi connectivity index (χ4v) is 3.82. The first-order chi connectivity index (χ1) is 11.9. The third-order valence-corrected chi connectivity index (χ3v) is 4.97. The number of thiophene rings is 1. The highest BCUT2D eigenvalue weighted by Gasteiger charge is 2.26. The maximum atomic E-state index is 11.9. The van der Waals surface area contributed by atoms with Crippen molar-refractivity contribution in [1.29, 1.82) is 0 Å². The zero-order valence-electron chi connectivity index (χ0n) is 13.4. The molecule has 5 nitrogen and oxygen atoms in total. The number of hydrogen-bond donors (Lipinski definition) is 1. The van der Waals surface area contributed by atoms with Gasteiger partial charge in [-0.3, -0.25) is 9.69 Å². The van der Waals surface area contributed by atoms with Gasteiger partial charge in [-0.1, -0.05) is 23.7 Å². The second-order valence-corrected chi connectivity index (χ2v) is 6.71. The van der Waals surface area contributed by atoms with Crippen molar-refractivity contribution >= 4 is 46.0 Å². The summed E-state index contributed by atoms with van der Waals surface area (Å²) in [7, 11) is 0. The number of carboxylic acid groups (broad SMARTS) is 1. The number of aryl methyl sites for hydroxylation is 2. The molecule has 0 aliphatic carbocycles. The van der Waals surface area contributed by atoms with Crippen molar-refractivity contribution in [1.82, 2.24) is 0 Å². The largest absolute Gasteiger partial charge is 0.478 e. The monoisotopic (exact) mass is 375 g/mol. The normalized spacial score (nSPS) is 10.7. The minimum Gasteiger partial charge on any atom is -0.478 e. The average molecular weight is 376 g/mol. The van der Waals surface area contributed by atoms with Gasteiger partial charge in [0.1, 0.15) is 22.1 Å². The molecule has 128 valence electrons.